The normalized spacial score (nSPS) is 12.9. The fourth-order valence-corrected chi connectivity index (χ4v) is 16.2. The number of hydrogen-bond donors (Lipinski definition) is 2. The third-order valence-electron chi connectivity index (χ3n) is 22.0. The van der Waals surface area contributed by atoms with Crippen LogP contribution in [-0.4, -0.2) is 45.3 Å². The number of allylic oxidation sites excluding steroid dienone is 4. The molecule has 0 bridgehead atoms. The zero-order chi connectivity index (χ0) is 87.7. The highest BCUT2D eigenvalue weighted by molar-refractivity contribution is 7.17. The number of ether oxygens (including phenoxy) is 3. The Labute approximate surface area is 738 Å². The first-order valence-corrected chi connectivity index (χ1v) is 44.2. The van der Waals surface area contributed by atoms with Crippen LogP contribution in [0.25, 0.3) is 70.6 Å². The number of pyridine rings is 1. The molecule has 0 saturated heterocycles. The Morgan fingerprint density at radius 1 is 0.468 bits per heavy atom. The van der Waals surface area contributed by atoms with Crippen LogP contribution >= 0.6 is 11.3 Å². The molecule has 4 aliphatic carbocycles. The van der Waals surface area contributed by atoms with Gasteiger partial charge in [0.15, 0.2) is 23.1 Å². The number of aryl methyl sites for hydroxylation is 10. The summed E-state index contributed by atoms with van der Waals surface area (Å²) in [5.74, 6) is 4.92. The molecule has 1 unspecified atom stereocenters. The van der Waals surface area contributed by atoms with Gasteiger partial charge in [0.05, 0.1) is 22.2 Å². The molecule has 0 radical (unpaired) electrons. The Hall–Kier alpha value is -13.5. The second-order valence-electron chi connectivity index (χ2n) is 30.7. The molecule has 2 N–H and O–H groups in total. The van der Waals surface area contributed by atoms with E-state index >= 15 is 0 Å². The van der Waals surface area contributed by atoms with Crippen molar-refractivity contribution in [3.8, 4) is 17.2 Å². The predicted molar refractivity (Wildman–Crippen MR) is 528 cm³/mol. The number of rotatable bonds is 0. The van der Waals surface area contributed by atoms with Crippen LogP contribution in [0.5, 0.6) is 17.2 Å². The second kappa shape index (κ2) is 46.5. The van der Waals surface area contributed by atoms with Crippen molar-refractivity contribution < 1.29 is 14.2 Å². The van der Waals surface area contributed by atoms with Crippen LogP contribution in [0.15, 0.2) is 352 Å². The lowest BCUT2D eigenvalue weighted by Crippen LogP contribution is -1.92. The number of aromatic amines is 1. The Morgan fingerprint density at radius 2 is 1.03 bits per heavy atom. The molecule has 634 valence electrons. The largest absolute Gasteiger partial charge is 0.454 e. The molecule has 124 heavy (non-hydrogen) atoms. The number of nitrogens with one attached hydrogen (secondary N) is 2. The fraction of sp³-hybridized carbons (Fsp3) is 0.216. The van der Waals surface area contributed by atoms with Gasteiger partial charge in [-0.15, -0.1) is 16.4 Å². The van der Waals surface area contributed by atoms with E-state index in [1.165, 1.54) is 125 Å². The molecule has 7 aromatic heterocycles. The van der Waals surface area contributed by atoms with Crippen LogP contribution in [0.4, 0.5) is 5.69 Å². The zero-order valence-corrected chi connectivity index (χ0v) is 75.8. The summed E-state index contributed by atoms with van der Waals surface area (Å²) >= 11 is 1.81. The van der Waals surface area contributed by atoms with Crippen molar-refractivity contribution in [2.24, 2.45) is 21.1 Å². The van der Waals surface area contributed by atoms with Crippen LogP contribution in [0.3, 0.4) is 0 Å². The SMILES string of the molecule is C=C1Nc2ccccc2O1.CC.CC.CC1=C(C)c2ccccc2C1.CC1=CCc2ccccc21.CC1CCc2ccccc21.Cc1ccc2c(c1)CCC2.Cc1ccn2ccccc12.Cc1csc2ccccc12.Cc1nc2ccccc2[nH]1.Cn1ccc2ccccc21.Cn1ccc2ccccc21.Cn1nnc2ccccc21.c1ccc2c(c1)OCO2. The fourth-order valence-electron chi connectivity index (χ4n) is 15.2. The predicted octanol–water partition coefficient (Wildman–Crippen LogP) is 29.0. The van der Waals surface area contributed by atoms with Crippen molar-refractivity contribution in [2.75, 3.05) is 12.1 Å². The van der Waals surface area contributed by atoms with E-state index in [0.29, 0.717) is 12.7 Å². The van der Waals surface area contributed by atoms with E-state index < -0.39 is 0 Å². The van der Waals surface area contributed by atoms with E-state index in [1.54, 1.807) is 26.9 Å². The third-order valence-corrected chi connectivity index (χ3v) is 23.1. The lowest BCUT2D eigenvalue weighted by Gasteiger charge is -2.01. The number of para-hydroxylation sites is 9. The van der Waals surface area contributed by atoms with Crippen molar-refractivity contribution in [3.63, 3.8) is 0 Å². The van der Waals surface area contributed by atoms with Crippen LogP contribution < -0.4 is 19.5 Å². The van der Waals surface area contributed by atoms with Gasteiger partial charge in [-0.3, -0.25) is 0 Å². The summed E-state index contributed by atoms with van der Waals surface area (Å²) in [5, 5.41) is 17.0. The van der Waals surface area contributed by atoms with Crippen molar-refractivity contribution >= 4 is 87.6 Å². The number of benzene rings is 11. The maximum absolute atomic E-state index is 5.20. The van der Waals surface area contributed by atoms with Crippen LogP contribution in [-0.2, 0) is 53.2 Å². The summed E-state index contributed by atoms with van der Waals surface area (Å²) in [7, 11) is 6.00. The number of hydrogen-bond acceptors (Lipinski definition) is 8. The molecule has 0 amide bonds. The molecule has 24 rings (SSSR count). The smallest absolute Gasteiger partial charge is 0.231 e. The first-order chi connectivity index (χ1) is 60.5. The topological polar surface area (TPSA) is 113 Å². The summed E-state index contributed by atoms with van der Waals surface area (Å²) in [4.78, 5) is 7.40. The van der Waals surface area contributed by atoms with Gasteiger partial charge in [-0.05, 0) is 291 Å². The van der Waals surface area contributed by atoms with E-state index in [4.69, 9.17) is 14.2 Å². The molecule has 2 aliphatic heterocycles. The highest BCUT2D eigenvalue weighted by atomic mass is 32.1. The van der Waals surface area contributed by atoms with Gasteiger partial charge in [-0.2, -0.15) is 0 Å². The summed E-state index contributed by atoms with van der Waals surface area (Å²) in [5.41, 5.74) is 29.7. The minimum atomic E-state index is 0.360. The highest BCUT2D eigenvalue weighted by Gasteiger charge is 2.18. The molecule has 0 saturated carbocycles. The van der Waals surface area contributed by atoms with Gasteiger partial charge in [0.25, 0.3) is 0 Å². The van der Waals surface area contributed by atoms with Crippen molar-refractivity contribution in [1.29, 1.82) is 0 Å². The summed E-state index contributed by atoms with van der Waals surface area (Å²) in [6, 6.07) is 102. The first kappa shape index (κ1) is 91.3. The average molecular weight is 1660 g/mol. The molecule has 13 heteroatoms. The number of anilines is 1. The molecular formula is C111H121N9O3S. The van der Waals surface area contributed by atoms with Gasteiger partial charge in [0.2, 0.25) is 6.79 Å². The van der Waals surface area contributed by atoms with E-state index in [2.05, 4.69) is 339 Å². The number of aromatic nitrogens is 8. The molecule has 9 heterocycles. The van der Waals surface area contributed by atoms with Crippen LogP contribution in [0, 0.1) is 27.7 Å². The third kappa shape index (κ3) is 25.1. The molecule has 11 aromatic carbocycles. The van der Waals surface area contributed by atoms with E-state index in [0.717, 1.165) is 69.6 Å². The maximum atomic E-state index is 5.20. The summed E-state index contributed by atoms with van der Waals surface area (Å²) < 4.78 is 24.9. The monoisotopic (exact) mass is 1660 g/mol. The standard InChI is InChI=1S/C11H12.2C10H12.C10H10.3C9H9N.C9H8S.C8H8N2.C8H7NO.C7H7N3.C7H6O2.2C2H6/c1-8-7-10-5-3-4-6-11(10)9(8)2;1-8-5-6-9-3-2-4-10(9)7-8;2*1-8-6-7-9-4-2-3-5-10(8)9;1-8-5-7-10-6-3-2-4-9(8)10;2*1-10-7-6-8-4-2-3-5-9(8)10;1-7-6-10-9-5-3-2-4-8(7)9;2*1-6-9-7-4-2-3-5-8(7)10-6;1-10-7-5-3-2-4-6(7)8-9-10;1-2-4-7-6(3-1)8-5-9-7;2*1-2/h3-6H,7H2,1-2H3;5-7H,2-4H2,1H3;2-5,8H,6-7H2,1H3;2-6H,7H2,1H3;3*2-7H,1H3;2-6H,1H3;2-5H,1H3,(H,9,10);2-5,9H,1H2;2-5H,1H3;1-4H,5H2;2*1-2H3. The molecule has 12 nitrogen and oxygen atoms in total. The minimum Gasteiger partial charge on any atom is -0.454 e. The summed E-state index contributed by atoms with van der Waals surface area (Å²) in [6.45, 7) is 29.3. The Kier molecular flexibility index (Phi) is 34.2. The number of H-pyrrole nitrogens is 1. The maximum Gasteiger partial charge on any atom is 0.231 e. The molecule has 0 fully saturated rings. The number of imidazole rings is 1. The van der Waals surface area contributed by atoms with E-state index in [1.807, 2.05) is 156 Å². The second-order valence-corrected chi connectivity index (χ2v) is 31.6. The highest BCUT2D eigenvalue weighted by Crippen LogP contribution is 2.35. The first-order valence-electron chi connectivity index (χ1n) is 43.3. The Bertz CT molecular complexity index is 5950. The molecule has 6 aliphatic rings. The number of thiophene rings is 1. The average Bonchev–Trinajstić information content (AvgIpc) is 1.68. The van der Waals surface area contributed by atoms with Gasteiger partial charge in [0, 0.05) is 67.2 Å². The summed E-state index contributed by atoms with van der Waals surface area (Å²) in [6.07, 6.45) is 19.4. The van der Waals surface area contributed by atoms with Gasteiger partial charge in [0.1, 0.15) is 11.3 Å². The quantitative estimate of drug-likeness (QED) is 0.155. The van der Waals surface area contributed by atoms with Gasteiger partial charge >= 0.3 is 0 Å². The van der Waals surface area contributed by atoms with Crippen molar-refractivity contribution in [2.45, 2.75) is 134 Å². The molecule has 0 spiro atoms. The molecular weight excluding hydrogens is 1540 g/mol. The lowest BCUT2D eigenvalue weighted by atomic mass is 10.0. The molecule has 1 atom stereocenters. The Balaban J connectivity index is 0.000000131. The van der Waals surface area contributed by atoms with Crippen LogP contribution in [0.2, 0.25) is 0 Å². The van der Waals surface area contributed by atoms with Crippen LogP contribution in [0.1, 0.15) is 141 Å². The van der Waals surface area contributed by atoms with E-state index in [-0.39, 0.29) is 0 Å². The molecule has 18 aromatic rings. The van der Waals surface area contributed by atoms with Crippen molar-refractivity contribution in [3.05, 3.63) is 419 Å². The minimum absolute atomic E-state index is 0.360. The lowest BCUT2D eigenvalue weighted by molar-refractivity contribution is 0.174. The zero-order valence-electron chi connectivity index (χ0n) is 75.0. The van der Waals surface area contributed by atoms with Crippen molar-refractivity contribution in [1.82, 2.24) is 38.5 Å². The van der Waals surface area contributed by atoms with Gasteiger partial charge in [-0.1, -0.05) is 257 Å². The Morgan fingerprint density at radius 3 is 1.68 bits per heavy atom. The van der Waals surface area contributed by atoms with Gasteiger partial charge in [-0.25, -0.2) is 9.67 Å². The van der Waals surface area contributed by atoms with E-state index in [9.17, 15) is 0 Å². The van der Waals surface area contributed by atoms with Gasteiger partial charge < -0.3 is 38.0 Å². The number of nitrogens with zero attached hydrogens (tertiary/aromatic N) is 7. The number of fused-ring (bicyclic) bond motifs is 12.